The molecule has 5 atom stereocenters. The third-order valence-corrected chi connectivity index (χ3v) is 9.40. The van der Waals surface area contributed by atoms with Crippen LogP contribution in [0.5, 0.6) is 0 Å². The average Bonchev–Trinajstić information content (AvgIpc) is 3.52. The van der Waals surface area contributed by atoms with Crippen molar-refractivity contribution in [2.45, 2.75) is 110 Å². The molecular weight excluding hydrogens is 589 g/mol. The second-order valence-corrected chi connectivity index (χ2v) is 13.1. The Labute approximate surface area is 271 Å². The molecule has 1 aromatic heterocycles. The van der Waals surface area contributed by atoms with Gasteiger partial charge in [0.2, 0.25) is 17.7 Å². The van der Waals surface area contributed by atoms with Crippen molar-refractivity contribution in [3.8, 4) is 0 Å². The Bertz CT molecular complexity index is 1380. The van der Waals surface area contributed by atoms with Gasteiger partial charge in [0.15, 0.2) is 0 Å². The molecule has 0 bridgehead atoms. The number of carbonyl (C=O) groups is 4. The quantitative estimate of drug-likeness (QED) is 0.295. The number of piperazine rings is 1. The van der Waals surface area contributed by atoms with Crippen molar-refractivity contribution in [1.29, 1.82) is 0 Å². The summed E-state index contributed by atoms with van der Waals surface area (Å²) in [6.45, 7) is 13.1. The summed E-state index contributed by atoms with van der Waals surface area (Å²) in [4.78, 5) is 54.8. The highest BCUT2D eigenvalue weighted by molar-refractivity contribution is 6.00. The topological polar surface area (TPSA) is 137 Å². The van der Waals surface area contributed by atoms with Crippen LogP contribution < -0.4 is 21.3 Å². The van der Waals surface area contributed by atoms with Gasteiger partial charge in [0, 0.05) is 50.3 Å². The van der Waals surface area contributed by atoms with Crippen molar-refractivity contribution >= 4 is 29.3 Å². The minimum atomic E-state index is -0.880. The van der Waals surface area contributed by atoms with Crippen LogP contribution in [-0.2, 0) is 20.9 Å². The summed E-state index contributed by atoms with van der Waals surface area (Å²) in [5.74, 6) is -2.12. The fourth-order valence-corrected chi connectivity index (χ4v) is 6.71. The molecule has 2 aromatic rings. The Kier molecular flexibility index (Phi) is 11.9. The summed E-state index contributed by atoms with van der Waals surface area (Å²) in [6.07, 6.45) is 5.19. The zero-order valence-electron chi connectivity index (χ0n) is 27.9. The number of anilines is 1. The lowest BCUT2D eigenvalue weighted by atomic mass is 9.79. The summed E-state index contributed by atoms with van der Waals surface area (Å²) in [5.41, 5.74) is 0.853. The van der Waals surface area contributed by atoms with Gasteiger partial charge in [-0.1, -0.05) is 39.7 Å². The van der Waals surface area contributed by atoms with Crippen LogP contribution >= 0.6 is 0 Å². The number of halogens is 1. The first-order chi connectivity index (χ1) is 21.9. The maximum Gasteiger partial charge on any atom is 0.270 e. The molecule has 12 heteroatoms. The molecular formula is C34H50FN7O4. The minimum Gasteiger partial charge on any atom is -0.344 e. The molecule has 1 aliphatic heterocycles. The zero-order valence-corrected chi connectivity index (χ0v) is 27.9. The average molecular weight is 640 g/mol. The Balaban J connectivity index is 1.53. The SMILES string of the molecule is CCC(=O)N[C@@H](C(=O)N1C[C@@H](C)N[C@@H](C)C1)[C@@H](C)c1ccc(NC(=O)[C@@H](NC(=O)c2ccnn2CC)C2CCC(C)CC2)c(F)c1. The first-order valence-corrected chi connectivity index (χ1v) is 16.7. The lowest BCUT2D eigenvalue weighted by Crippen LogP contribution is -2.60. The third-order valence-electron chi connectivity index (χ3n) is 9.40. The van der Waals surface area contributed by atoms with Crippen LogP contribution in [0.2, 0.25) is 0 Å². The predicted molar refractivity (Wildman–Crippen MR) is 175 cm³/mol. The number of hydrogen-bond donors (Lipinski definition) is 4. The van der Waals surface area contributed by atoms with E-state index in [2.05, 4.69) is 33.3 Å². The van der Waals surface area contributed by atoms with Crippen molar-refractivity contribution in [3.05, 3.63) is 47.5 Å². The molecule has 0 spiro atoms. The molecule has 2 aliphatic rings. The lowest BCUT2D eigenvalue weighted by molar-refractivity contribution is -0.138. The first-order valence-electron chi connectivity index (χ1n) is 16.7. The van der Waals surface area contributed by atoms with Crippen LogP contribution in [0, 0.1) is 17.7 Å². The van der Waals surface area contributed by atoms with Crippen molar-refractivity contribution in [2.24, 2.45) is 11.8 Å². The van der Waals surface area contributed by atoms with Gasteiger partial charge in [-0.25, -0.2) is 4.39 Å². The van der Waals surface area contributed by atoms with Gasteiger partial charge in [-0.05, 0) is 69.2 Å². The Hall–Kier alpha value is -3.80. The van der Waals surface area contributed by atoms with E-state index in [-0.39, 0.29) is 41.9 Å². The van der Waals surface area contributed by atoms with Gasteiger partial charge in [0.05, 0.1) is 5.69 Å². The molecule has 1 aliphatic carbocycles. The molecule has 4 amide bonds. The highest BCUT2D eigenvalue weighted by atomic mass is 19.1. The monoisotopic (exact) mass is 639 g/mol. The van der Waals surface area contributed by atoms with E-state index in [9.17, 15) is 19.2 Å². The van der Waals surface area contributed by atoms with Gasteiger partial charge in [0.25, 0.3) is 5.91 Å². The van der Waals surface area contributed by atoms with Crippen LogP contribution in [0.15, 0.2) is 30.5 Å². The second-order valence-electron chi connectivity index (χ2n) is 13.1. The van der Waals surface area contributed by atoms with Gasteiger partial charge in [0.1, 0.15) is 23.6 Å². The van der Waals surface area contributed by atoms with Crippen molar-refractivity contribution in [2.75, 3.05) is 18.4 Å². The fraction of sp³-hybridized carbons (Fsp3) is 0.618. The van der Waals surface area contributed by atoms with Gasteiger partial charge in [-0.2, -0.15) is 5.10 Å². The number of amides is 4. The number of nitrogens with one attached hydrogen (secondary N) is 4. The highest BCUT2D eigenvalue weighted by Crippen LogP contribution is 2.32. The van der Waals surface area contributed by atoms with Crippen molar-refractivity contribution < 1.29 is 23.6 Å². The van der Waals surface area contributed by atoms with E-state index in [1.165, 1.54) is 12.1 Å². The number of nitrogens with zero attached hydrogens (tertiary/aromatic N) is 3. The number of carbonyl (C=O) groups excluding carboxylic acids is 4. The summed E-state index contributed by atoms with van der Waals surface area (Å²) in [7, 11) is 0. The maximum absolute atomic E-state index is 15.7. The largest absolute Gasteiger partial charge is 0.344 e. The fourth-order valence-electron chi connectivity index (χ4n) is 6.71. The second kappa shape index (κ2) is 15.7. The van der Waals surface area contributed by atoms with E-state index in [0.29, 0.717) is 36.8 Å². The molecule has 1 saturated heterocycles. The van der Waals surface area contributed by atoms with Crippen LogP contribution in [0.3, 0.4) is 0 Å². The molecule has 4 rings (SSSR count). The molecule has 0 radical (unpaired) electrons. The van der Waals surface area contributed by atoms with E-state index in [1.807, 2.05) is 20.8 Å². The van der Waals surface area contributed by atoms with Crippen LogP contribution in [0.1, 0.15) is 95.6 Å². The molecule has 2 fully saturated rings. The minimum absolute atomic E-state index is 0.0202. The van der Waals surface area contributed by atoms with E-state index in [1.54, 1.807) is 41.8 Å². The smallest absolute Gasteiger partial charge is 0.270 e. The molecule has 2 heterocycles. The number of hydrogen-bond acceptors (Lipinski definition) is 6. The molecule has 4 N–H and O–H groups in total. The van der Waals surface area contributed by atoms with Crippen molar-refractivity contribution in [1.82, 2.24) is 30.6 Å². The zero-order chi connectivity index (χ0) is 33.5. The molecule has 11 nitrogen and oxygen atoms in total. The molecule has 252 valence electrons. The lowest BCUT2D eigenvalue weighted by Gasteiger charge is -2.39. The maximum atomic E-state index is 15.7. The number of aromatic nitrogens is 2. The summed E-state index contributed by atoms with van der Waals surface area (Å²) in [5, 5.41) is 16.1. The van der Waals surface area contributed by atoms with E-state index < -0.39 is 35.6 Å². The normalized spacial score (nSPS) is 23.6. The van der Waals surface area contributed by atoms with E-state index in [0.717, 1.165) is 25.7 Å². The third kappa shape index (κ3) is 8.51. The summed E-state index contributed by atoms with van der Waals surface area (Å²) < 4.78 is 17.2. The molecule has 46 heavy (non-hydrogen) atoms. The van der Waals surface area contributed by atoms with Gasteiger partial charge in [-0.15, -0.1) is 0 Å². The van der Waals surface area contributed by atoms with Crippen LogP contribution in [0.4, 0.5) is 10.1 Å². The molecule has 0 unspecified atom stereocenters. The van der Waals surface area contributed by atoms with E-state index >= 15 is 4.39 Å². The summed E-state index contributed by atoms with van der Waals surface area (Å²) in [6, 6.07) is 4.53. The highest BCUT2D eigenvalue weighted by Gasteiger charge is 2.36. The Morgan fingerprint density at radius 3 is 2.28 bits per heavy atom. The summed E-state index contributed by atoms with van der Waals surface area (Å²) >= 11 is 0. The van der Waals surface area contributed by atoms with Crippen LogP contribution in [-0.4, -0.2) is 75.6 Å². The number of aryl methyl sites for hydroxylation is 1. The number of rotatable bonds is 11. The molecule has 1 aromatic carbocycles. The van der Waals surface area contributed by atoms with Crippen LogP contribution in [0.25, 0.3) is 0 Å². The van der Waals surface area contributed by atoms with E-state index in [4.69, 9.17) is 0 Å². The van der Waals surface area contributed by atoms with Gasteiger partial charge in [-0.3, -0.25) is 23.9 Å². The van der Waals surface area contributed by atoms with Gasteiger partial charge < -0.3 is 26.2 Å². The number of benzene rings is 1. The van der Waals surface area contributed by atoms with Crippen molar-refractivity contribution in [3.63, 3.8) is 0 Å². The Morgan fingerprint density at radius 1 is 1.00 bits per heavy atom. The first kappa shape index (κ1) is 35.1. The standard InChI is InChI=1S/C34H50FN7O4/c1-7-29(43)39-30(34(46)41-18-21(4)37-22(5)19-41)23(6)25-13-14-27(26(35)17-25)38-33(45)31(24-11-9-20(3)10-12-24)40-32(44)28-15-16-36-42(28)8-2/h13-17,20-24,30-31,37H,7-12,18-19H2,1-6H3,(H,38,45)(H,39,43)(H,40,44)/t20?,21-,22+,23-,24?,30+,31-/m0/s1. The molecule has 1 saturated carbocycles. The Morgan fingerprint density at radius 2 is 1.67 bits per heavy atom. The predicted octanol–water partition coefficient (Wildman–Crippen LogP) is 3.81. The van der Waals surface area contributed by atoms with Gasteiger partial charge >= 0.3 is 0 Å².